The van der Waals surface area contributed by atoms with Crippen molar-refractivity contribution in [1.82, 2.24) is 10.1 Å². The van der Waals surface area contributed by atoms with Gasteiger partial charge in [-0.2, -0.15) is 4.98 Å². The molecule has 92 valence electrons. The highest BCUT2D eigenvalue weighted by Gasteiger charge is 2.19. The maximum absolute atomic E-state index is 5.94. The van der Waals surface area contributed by atoms with Gasteiger partial charge in [-0.05, 0) is 12.8 Å². The Morgan fingerprint density at radius 3 is 2.75 bits per heavy atom. The van der Waals surface area contributed by atoms with Crippen molar-refractivity contribution in [1.29, 1.82) is 0 Å². The van der Waals surface area contributed by atoms with Gasteiger partial charge >= 0.3 is 0 Å². The topological polar surface area (TPSA) is 74.2 Å². The third-order valence-electron chi connectivity index (χ3n) is 2.59. The van der Waals surface area contributed by atoms with Crippen LogP contribution in [0.3, 0.4) is 0 Å². The summed E-state index contributed by atoms with van der Waals surface area (Å²) in [6.07, 6.45) is 3.78. The van der Waals surface area contributed by atoms with Crippen molar-refractivity contribution in [2.45, 2.75) is 51.7 Å². The summed E-state index contributed by atoms with van der Waals surface area (Å²) < 4.78 is 10.4. The van der Waals surface area contributed by atoms with Crippen LogP contribution in [0.4, 0.5) is 0 Å². The Bertz CT molecular complexity index is 297. The Morgan fingerprint density at radius 1 is 1.44 bits per heavy atom. The smallest absolute Gasteiger partial charge is 0.243 e. The minimum absolute atomic E-state index is 0.101. The average molecular weight is 227 g/mol. The lowest BCUT2D eigenvalue weighted by Gasteiger charge is -2.07. The Morgan fingerprint density at radius 2 is 2.19 bits per heavy atom. The zero-order chi connectivity index (χ0) is 12.0. The van der Waals surface area contributed by atoms with Crippen LogP contribution in [0, 0.1) is 0 Å². The van der Waals surface area contributed by atoms with Gasteiger partial charge in [0, 0.05) is 7.11 Å². The van der Waals surface area contributed by atoms with Gasteiger partial charge in [-0.15, -0.1) is 0 Å². The van der Waals surface area contributed by atoms with Gasteiger partial charge in [-0.3, -0.25) is 0 Å². The number of nitrogens with two attached hydrogens (primary N) is 1. The van der Waals surface area contributed by atoms with Crippen LogP contribution in [0.25, 0.3) is 0 Å². The van der Waals surface area contributed by atoms with E-state index >= 15 is 0 Å². The summed E-state index contributed by atoms with van der Waals surface area (Å²) in [5.74, 6) is 1.10. The first-order valence-corrected chi connectivity index (χ1v) is 5.84. The number of hydrogen-bond acceptors (Lipinski definition) is 5. The van der Waals surface area contributed by atoms with Gasteiger partial charge in [-0.1, -0.05) is 31.8 Å². The fraction of sp³-hybridized carbons (Fsp3) is 0.818. The molecule has 1 aromatic heterocycles. The summed E-state index contributed by atoms with van der Waals surface area (Å²) in [5.41, 5.74) is 5.94. The molecule has 1 unspecified atom stereocenters. The zero-order valence-electron chi connectivity index (χ0n) is 10.3. The van der Waals surface area contributed by atoms with E-state index in [0.717, 1.165) is 25.7 Å². The summed E-state index contributed by atoms with van der Waals surface area (Å²) in [7, 11) is 1.64. The molecule has 5 nitrogen and oxygen atoms in total. The molecule has 1 aromatic rings. The minimum Gasteiger partial charge on any atom is -0.373 e. The monoisotopic (exact) mass is 227 g/mol. The lowest BCUT2D eigenvalue weighted by atomic mass is 10.1. The van der Waals surface area contributed by atoms with Gasteiger partial charge in [0.05, 0.1) is 6.04 Å². The van der Waals surface area contributed by atoms with Gasteiger partial charge < -0.3 is 15.0 Å². The molecule has 2 atom stereocenters. The van der Waals surface area contributed by atoms with Crippen LogP contribution in [-0.4, -0.2) is 17.3 Å². The number of unbranched alkanes of at least 4 members (excludes halogenated alkanes) is 1. The van der Waals surface area contributed by atoms with Crippen LogP contribution in [0.5, 0.6) is 0 Å². The molecule has 0 radical (unpaired) electrons. The van der Waals surface area contributed by atoms with Crippen LogP contribution < -0.4 is 5.73 Å². The number of hydrogen-bond donors (Lipinski definition) is 1. The third kappa shape index (κ3) is 3.28. The molecule has 0 aliphatic heterocycles. The first-order chi connectivity index (χ1) is 7.72. The molecular weight excluding hydrogens is 206 g/mol. The largest absolute Gasteiger partial charge is 0.373 e. The summed E-state index contributed by atoms with van der Waals surface area (Å²) in [6.45, 7) is 4.14. The molecular formula is C11H21N3O2. The second kappa shape index (κ2) is 6.60. The van der Waals surface area contributed by atoms with E-state index < -0.39 is 0 Å². The van der Waals surface area contributed by atoms with Gasteiger partial charge in [0.2, 0.25) is 11.7 Å². The molecule has 0 saturated carbocycles. The number of rotatable bonds is 7. The average Bonchev–Trinajstić information content (AvgIpc) is 2.77. The highest BCUT2D eigenvalue weighted by molar-refractivity contribution is 4.94. The van der Waals surface area contributed by atoms with Crippen molar-refractivity contribution in [3.8, 4) is 0 Å². The molecule has 0 aromatic carbocycles. The van der Waals surface area contributed by atoms with Crippen molar-refractivity contribution in [3.05, 3.63) is 11.7 Å². The van der Waals surface area contributed by atoms with Crippen molar-refractivity contribution in [3.63, 3.8) is 0 Å². The Labute approximate surface area is 96.4 Å². The van der Waals surface area contributed by atoms with Crippen molar-refractivity contribution in [2.24, 2.45) is 5.73 Å². The standard InChI is InChI=1S/C11H21N3O2/c1-4-6-7-8(12)11-13-10(14-16-11)9(5-2)15-3/h8-9H,4-7,12H2,1-3H3/t8-,9?/m0/s1. The lowest BCUT2D eigenvalue weighted by Crippen LogP contribution is -2.11. The molecule has 0 saturated heterocycles. The first kappa shape index (κ1) is 13.1. The fourth-order valence-electron chi connectivity index (χ4n) is 1.53. The van der Waals surface area contributed by atoms with E-state index in [-0.39, 0.29) is 12.1 Å². The van der Waals surface area contributed by atoms with Crippen molar-refractivity contribution in [2.75, 3.05) is 7.11 Å². The quantitative estimate of drug-likeness (QED) is 0.774. The zero-order valence-corrected chi connectivity index (χ0v) is 10.3. The van der Waals surface area contributed by atoms with Crippen LogP contribution in [0.1, 0.15) is 63.4 Å². The Balaban J connectivity index is 2.62. The molecule has 0 bridgehead atoms. The van der Waals surface area contributed by atoms with Crippen LogP contribution in [-0.2, 0) is 4.74 Å². The van der Waals surface area contributed by atoms with E-state index in [4.69, 9.17) is 15.0 Å². The Kier molecular flexibility index (Phi) is 5.42. The number of ether oxygens (including phenoxy) is 1. The molecule has 5 heteroatoms. The normalized spacial score (nSPS) is 15.0. The van der Waals surface area contributed by atoms with Gasteiger partial charge in [0.25, 0.3) is 0 Å². The van der Waals surface area contributed by atoms with E-state index in [1.807, 2.05) is 6.92 Å². The predicted molar refractivity (Wildman–Crippen MR) is 60.8 cm³/mol. The molecule has 2 N–H and O–H groups in total. The molecule has 16 heavy (non-hydrogen) atoms. The molecule has 0 aliphatic carbocycles. The molecule has 0 aliphatic rings. The Hall–Kier alpha value is -0.940. The molecule has 0 fully saturated rings. The fourth-order valence-corrected chi connectivity index (χ4v) is 1.53. The van der Waals surface area contributed by atoms with Gasteiger partial charge in [-0.25, -0.2) is 0 Å². The predicted octanol–water partition coefficient (Wildman–Crippen LogP) is 2.36. The summed E-state index contributed by atoms with van der Waals surface area (Å²) in [4.78, 5) is 4.28. The summed E-state index contributed by atoms with van der Waals surface area (Å²) in [5, 5.41) is 3.90. The van der Waals surface area contributed by atoms with Gasteiger partial charge in [0.15, 0.2) is 0 Å². The van der Waals surface area contributed by atoms with Crippen LogP contribution >= 0.6 is 0 Å². The maximum atomic E-state index is 5.94. The third-order valence-corrected chi connectivity index (χ3v) is 2.59. The van der Waals surface area contributed by atoms with Gasteiger partial charge in [0.1, 0.15) is 6.10 Å². The molecule has 0 spiro atoms. The van der Waals surface area contributed by atoms with E-state index in [1.165, 1.54) is 0 Å². The highest BCUT2D eigenvalue weighted by Crippen LogP contribution is 2.20. The van der Waals surface area contributed by atoms with Crippen LogP contribution in [0.15, 0.2) is 4.52 Å². The van der Waals surface area contributed by atoms with E-state index in [9.17, 15) is 0 Å². The van der Waals surface area contributed by atoms with E-state index in [0.29, 0.717) is 11.7 Å². The number of nitrogens with zero attached hydrogens (tertiary/aromatic N) is 2. The van der Waals surface area contributed by atoms with Crippen LogP contribution in [0.2, 0.25) is 0 Å². The van der Waals surface area contributed by atoms with E-state index in [1.54, 1.807) is 7.11 Å². The second-order valence-electron chi connectivity index (χ2n) is 3.87. The first-order valence-electron chi connectivity index (χ1n) is 5.84. The maximum Gasteiger partial charge on any atom is 0.243 e. The second-order valence-corrected chi connectivity index (χ2v) is 3.87. The van der Waals surface area contributed by atoms with Crippen molar-refractivity contribution >= 4 is 0 Å². The molecule has 1 rings (SSSR count). The van der Waals surface area contributed by atoms with E-state index in [2.05, 4.69) is 17.1 Å². The van der Waals surface area contributed by atoms with Crippen molar-refractivity contribution < 1.29 is 9.26 Å². The lowest BCUT2D eigenvalue weighted by molar-refractivity contribution is 0.0903. The molecule has 1 heterocycles. The highest BCUT2D eigenvalue weighted by atomic mass is 16.5. The number of methoxy groups -OCH3 is 1. The minimum atomic E-state index is -0.157. The SMILES string of the molecule is CCCC[C@H](N)c1nc(C(CC)OC)no1. The summed E-state index contributed by atoms with van der Waals surface area (Å²) in [6, 6.07) is -0.157. The molecule has 0 amide bonds. The summed E-state index contributed by atoms with van der Waals surface area (Å²) >= 11 is 0. The number of aromatic nitrogens is 2.